The van der Waals surface area contributed by atoms with E-state index in [2.05, 4.69) is 5.32 Å². The van der Waals surface area contributed by atoms with Crippen LogP contribution in [0.25, 0.3) is 0 Å². The van der Waals surface area contributed by atoms with Crippen molar-refractivity contribution in [2.45, 2.75) is 24.8 Å². The van der Waals surface area contributed by atoms with Gasteiger partial charge in [0.25, 0.3) is 5.91 Å². The van der Waals surface area contributed by atoms with Gasteiger partial charge in [0.05, 0.1) is 9.82 Å². The number of anilines is 1. The molecule has 0 saturated heterocycles. The number of carbonyl (C=O) groups excluding carboxylic acids is 1. The van der Waals surface area contributed by atoms with Crippen LogP contribution < -0.4 is 15.2 Å². The third-order valence-electron chi connectivity index (χ3n) is 3.59. The van der Waals surface area contributed by atoms with E-state index in [0.29, 0.717) is 10.7 Å². The van der Waals surface area contributed by atoms with E-state index in [4.69, 9.17) is 21.5 Å². The Morgan fingerprint density at radius 2 is 1.96 bits per heavy atom. The standard InChI is InChI=1S/C16H16ClN3O6S/c1-9-3-4-11(17)7-13(9)19-16(21)10(2)26-15-6-5-12(27(18,24)25)8-14(15)20(22)23/h3-8,10H,1-2H3,(H,19,21)(H2,18,24,25)/t10-/m1/s1. The van der Waals surface area contributed by atoms with Crippen LogP contribution >= 0.6 is 11.6 Å². The number of nitro benzene ring substituents is 1. The number of rotatable bonds is 6. The van der Waals surface area contributed by atoms with E-state index in [0.717, 1.165) is 23.8 Å². The van der Waals surface area contributed by atoms with Crippen LogP contribution in [0.15, 0.2) is 41.3 Å². The Morgan fingerprint density at radius 3 is 2.56 bits per heavy atom. The van der Waals surface area contributed by atoms with Gasteiger partial charge >= 0.3 is 5.69 Å². The highest BCUT2D eigenvalue weighted by atomic mass is 35.5. The minimum Gasteiger partial charge on any atom is -0.474 e. The number of amides is 1. The zero-order valence-electron chi connectivity index (χ0n) is 14.3. The molecule has 0 aliphatic carbocycles. The number of hydrogen-bond donors (Lipinski definition) is 2. The van der Waals surface area contributed by atoms with E-state index in [1.165, 1.54) is 6.92 Å². The summed E-state index contributed by atoms with van der Waals surface area (Å²) < 4.78 is 28.1. The van der Waals surface area contributed by atoms with Crippen LogP contribution in [0.3, 0.4) is 0 Å². The average Bonchev–Trinajstić information content (AvgIpc) is 2.57. The minimum absolute atomic E-state index is 0.266. The maximum absolute atomic E-state index is 12.3. The maximum Gasteiger partial charge on any atom is 0.312 e. The number of ether oxygens (including phenoxy) is 1. The molecule has 1 atom stereocenters. The van der Waals surface area contributed by atoms with Gasteiger partial charge in [-0.05, 0) is 43.7 Å². The quantitative estimate of drug-likeness (QED) is 0.550. The summed E-state index contributed by atoms with van der Waals surface area (Å²) in [7, 11) is -4.12. The molecule has 0 aliphatic heterocycles. The fraction of sp³-hybridized carbons (Fsp3) is 0.188. The van der Waals surface area contributed by atoms with Gasteiger partial charge in [0.2, 0.25) is 10.0 Å². The van der Waals surface area contributed by atoms with Gasteiger partial charge in [-0.15, -0.1) is 0 Å². The Labute approximate surface area is 160 Å². The van der Waals surface area contributed by atoms with Crippen LogP contribution in [0.4, 0.5) is 11.4 Å². The lowest BCUT2D eigenvalue weighted by atomic mass is 10.2. The average molecular weight is 414 g/mol. The van der Waals surface area contributed by atoms with Gasteiger partial charge in [-0.25, -0.2) is 13.6 Å². The zero-order chi connectivity index (χ0) is 20.4. The number of nitrogens with two attached hydrogens (primary N) is 1. The highest BCUT2D eigenvalue weighted by Gasteiger charge is 2.24. The van der Waals surface area contributed by atoms with Gasteiger partial charge in [0.15, 0.2) is 11.9 Å². The van der Waals surface area contributed by atoms with Crippen molar-refractivity contribution in [2.24, 2.45) is 5.14 Å². The number of aryl methyl sites for hydroxylation is 1. The molecule has 2 aromatic rings. The summed E-state index contributed by atoms with van der Waals surface area (Å²) in [5.41, 5.74) is 0.616. The molecule has 9 nitrogen and oxygen atoms in total. The SMILES string of the molecule is Cc1ccc(Cl)cc1NC(=O)[C@@H](C)Oc1ccc(S(N)(=O)=O)cc1[N+](=O)[O-]. The van der Waals surface area contributed by atoms with Crippen LogP contribution in [-0.4, -0.2) is 25.4 Å². The normalized spacial score (nSPS) is 12.3. The number of halogens is 1. The van der Waals surface area contributed by atoms with Crippen LogP contribution in [0.5, 0.6) is 5.75 Å². The highest BCUT2D eigenvalue weighted by Crippen LogP contribution is 2.30. The molecule has 0 unspecified atom stereocenters. The Bertz CT molecular complexity index is 1010. The second kappa shape index (κ2) is 7.91. The fourth-order valence-corrected chi connectivity index (χ4v) is 2.83. The zero-order valence-corrected chi connectivity index (χ0v) is 15.9. The van der Waals surface area contributed by atoms with E-state index in [1.54, 1.807) is 25.1 Å². The molecular weight excluding hydrogens is 398 g/mol. The predicted octanol–water partition coefficient (Wildman–Crippen LogP) is 2.61. The summed E-state index contributed by atoms with van der Waals surface area (Å²) in [6.07, 6.45) is -1.11. The Hall–Kier alpha value is -2.69. The largest absolute Gasteiger partial charge is 0.474 e. The molecule has 0 saturated carbocycles. The van der Waals surface area contributed by atoms with Crippen molar-refractivity contribution < 1.29 is 22.9 Å². The first-order chi connectivity index (χ1) is 12.5. The van der Waals surface area contributed by atoms with Crippen molar-refractivity contribution in [1.29, 1.82) is 0 Å². The Kier molecular flexibility index (Phi) is 6.04. The molecule has 3 N–H and O–H groups in total. The molecule has 0 spiro atoms. The first kappa shape index (κ1) is 20.6. The number of nitrogens with one attached hydrogen (secondary N) is 1. The summed E-state index contributed by atoms with van der Waals surface area (Å²) in [5.74, 6) is -0.831. The lowest BCUT2D eigenvalue weighted by Gasteiger charge is -2.16. The van der Waals surface area contributed by atoms with Gasteiger partial charge in [-0.3, -0.25) is 14.9 Å². The molecule has 2 aromatic carbocycles. The molecule has 144 valence electrons. The molecule has 0 bridgehead atoms. The first-order valence-electron chi connectivity index (χ1n) is 7.54. The van der Waals surface area contributed by atoms with Crippen molar-refractivity contribution in [3.05, 3.63) is 57.1 Å². The fourth-order valence-electron chi connectivity index (χ4n) is 2.12. The molecular formula is C16H16ClN3O6S. The Morgan fingerprint density at radius 1 is 1.30 bits per heavy atom. The van der Waals surface area contributed by atoms with E-state index < -0.39 is 37.5 Å². The van der Waals surface area contributed by atoms with E-state index in [-0.39, 0.29) is 5.75 Å². The number of primary sulfonamides is 1. The second-order valence-corrected chi connectivity index (χ2v) is 7.64. The van der Waals surface area contributed by atoms with Gasteiger partial charge < -0.3 is 10.1 Å². The molecule has 11 heteroatoms. The molecule has 0 radical (unpaired) electrons. The minimum atomic E-state index is -4.12. The molecule has 27 heavy (non-hydrogen) atoms. The highest BCUT2D eigenvalue weighted by molar-refractivity contribution is 7.89. The van der Waals surface area contributed by atoms with Crippen LogP contribution in [0, 0.1) is 17.0 Å². The van der Waals surface area contributed by atoms with Crippen molar-refractivity contribution in [1.82, 2.24) is 0 Å². The van der Waals surface area contributed by atoms with Crippen molar-refractivity contribution in [3.8, 4) is 5.75 Å². The number of carbonyl (C=O) groups is 1. The van der Waals surface area contributed by atoms with Crippen LogP contribution in [0.2, 0.25) is 5.02 Å². The van der Waals surface area contributed by atoms with Gasteiger partial charge in [0.1, 0.15) is 0 Å². The van der Waals surface area contributed by atoms with Gasteiger partial charge in [-0.1, -0.05) is 17.7 Å². The topological polar surface area (TPSA) is 142 Å². The van der Waals surface area contributed by atoms with Crippen molar-refractivity contribution in [2.75, 3.05) is 5.32 Å². The molecule has 0 aromatic heterocycles. The molecule has 2 rings (SSSR count). The third-order valence-corrected chi connectivity index (χ3v) is 4.73. The summed E-state index contributed by atoms with van der Waals surface area (Å²) in [5, 5.41) is 19.2. The predicted molar refractivity (Wildman–Crippen MR) is 99.4 cm³/mol. The monoisotopic (exact) mass is 413 g/mol. The smallest absolute Gasteiger partial charge is 0.312 e. The lowest BCUT2D eigenvalue weighted by Crippen LogP contribution is -2.30. The maximum atomic E-state index is 12.3. The summed E-state index contributed by atoms with van der Waals surface area (Å²) >= 11 is 5.90. The lowest BCUT2D eigenvalue weighted by molar-refractivity contribution is -0.386. The van der Waals surface area contributed by atoms with E-state index in [1.807, 2.05) is 0 Å². The Balaban J connectivity index is 2.24. The number of nitro groups is 1. The summed E-state index contributed by atoms with van der Waals surface area (Å²) in [6.45, 7) is 3.17. The molecule has 0 aliphatic rings. The number of nitrogens with zero attached hydrogens (tertiary/aromatic N) is 1. The molecule has 0 heterocycles. The second-order valence-electron chi connectivity index (χ2n) is 5.64. The van der Waals surface area contributed by atoms with E-state index >= 15 is 0 Å². The summed E-state index contributed by atoms with van der Waals surface area (Å²) in [6, 6.07) is 7.86. The summed E-state index contributed by atoms with van der Waals surface area (Å²) in [4.78, 5) is 22.3. The van der Waals surface area contributed by atoms with Gasteiger partial charge in [0, 0.05) is 16.8 Å². The van der Waals surface area contributed by atoms with Gasteiger partial charge in [-0.2, -0.15) is 0 Å². The first-order valence-corrected chi connectivity index (χ1v) is 9.46. The van der Waals surface area contributed by atoms with Crippen LogP contribution in [-0.2, 0) is 14.8 Å². The molecule has 0 fully saturated rings. The third kappa shape index (κ3) is 5.16. The number of benzene rings is 2. The van der Waals surface area contributed by atoms with Crippen LogP contribution in [0.1, 0.15) is 12.5 Å². The van der Waals surface area contributed by atoms with Crippen molar-refractivity contribution >= 4 is 38.9 Å². The van der Waals surface area contributed by atoms with E-state index in [9.17, 15) is 23.3 Å². The number of hydrogen-bond acceptors (Lipinski definition) is 6. The van der Waals surface area contributed by atoms with Crippen molar-refractivity contribution in [3.63, 3.8) is 0 Å². The molecule has 1 amide bonds. The number of sulfonamides is 1.